The number of esters is 1. The zero-order chi connectivity index (χ0) is 28.4. The number of thiocarbonyl (C=S) groups is 1. The van der Waals surface area contributed by atoms with Crippen LogP contribution in [0, 0.1) is 12.8 Å². The number of nitrogens with one attached hydrogen (secondary N) is 2. The molecular formula is C31H31N5O3S. The first-order valence-electron chi connectivity index (χ1n) is 13.1. The van der Waals surface area contributed by atoms with E-state index in [9.17, 15) is 9.59 Å². The first kappa shape index (κ1) is 27.1. The molecule has 2 aromatic carbocycles. The Balaban J connectivity index is 1.60. The van der Waals surface area contributed by atoms with Crippen molar-refractivity contribution in [2.45, 2.75) is 32.9 Å². The van der Waals surface area contributed by atoms with Crippen LogP contribution in [0.5, 0.6) is 0 Å². The summed E-state index contributed by atoms with van der Waals surface area (Å²) in [4.78, 5) is 31.3. The van der Waals surface area contributed by atoms with E-state index in [2.05, 4.69) is 31.2 Å². The van der Waals surface area contributed by atoms with E-state index in [4.69, 9.17) is 17.0 Å². The topological polar surface area (TPSA) is 88.5 Å². The molecule has 9 heteroatoms. The Morgan fingerprint density at radius 2 is 1.85 bits per heavy atom. The Kier molecular flexibility index (Phi) is 7.66. The lowest BCUT2D eigenvalue weighted by Crippen LogP contribution is -2.30. The summed E-state index contributed by atoms with van der Waals surface area (Å²) in [6.07, 6.45) is 3.74. The summed E-state index contributed by atoms with van der Waals surface area (Å²) in [7, 11) is 1.37. The highest BCUT2D eigenvalue weighted by molar-refractivity contribution is 7.80. The summed E-state index contributed by atoms with van der Waals surface area (Å²) >= 11 is 5.91. The summed E-state index contributed by atoms with van der Waals surface area (Å²) in [5.41, 5.74) is 5.68. The van der Waals surface area contributed by atoms with Crippen LogP contribution in [0.1, 0.15) is 53.2 Å². The van der Waals surface area contributed by atoms with Crippen molar-refractivity contribution in [1.29, 1.82) is 0 Å². The number of carbonyl (C=O) groups is 2. The quantitative estimate of drug-likeness (QED) is 0.223. The summed E-state index contributed by atoms with van der Waals surface area (Å²) in [5, 5.41) is 7.06. The number of hydrogen-bond acceptors (Lipinski definition) is 5. The van der Waals surface area contributed by atoms with Gasteiger partial charge in [-0.2, -0.15) is 0 Å². The zero-order valence-corrected chi connectivity index (χ0v) is 23.6. The molecule has 3 heterocycles. The molecule has 0 spiro atoms. The molecule has 8 nitrogen and oxygen atoms in total. The molecule has 2 aromatic heterocycles. The van der Waals surface area contributed by atoms with Gasteiger partial charge in [0.1, 0.15) is 6.04 Å². The third-order valence-corrected chi connectivity index (χ3v) is 7.31. The molecule has 1 fully saturated rings. The van der Waals surface area contributed by atoms with Crippen molar-refractivity contribution in [3.8, 4) is 5.69 Å². The summed E-state index contributed by atoms with van der Waals surface area (Å²) in [5.74, 6) is -0.551. The standard InChI is InChI=1S/C31H31N5O3S/c1-19(2)29(37)33-24-14-13-23(17-20(24)3)36-28(27(34-31(36)40)25-11-5-6-15-32-25)26-12-8-16-35(26)22-10-7-9-21(18-22)30(38)39-4/h5-19,27-28H,1-4H3,(H,33,37)(H,34,40)/t27-,28+/m1/s1. The molecule has 1 saturated heterocycles. The van der Waals surface area contributed by atoms with Crippen LogP contribution in [0.2, 0.25) is 0 Å². The Morgan fingerprint density at radius 1 is 1.02 bits per heavy atom. The minimum Gasteiger partial charge on any atom is -0.465 e. The number of pyridine rings is 1. The number of aromatic nitrogens is 2. The van der Waals surface area contributed by atoms with Crippen molar-refractivity contribution in [3.05, 3.63) is 108 Å². The van der Waals surface area contributed by atoms with Crippen LogP contribution in [0.3, 0.4) is 0 Å². The van der Waals surface area contributed by atoms with E-state index in [-0.39, 0.29) is 23.9 Å². The number of amides is 1. The molecule has 5 rings (SSSR count). The summed E-state index contributed by atoms with van der Waals surface area (Å²) < 4.78 is 7.00. The Bertz CT molecular complexity index is 1570. The van der Waals surface area contributed by atoms with Gasteiger partial charge in [-0.15, -0.1) is 0 Å². The van der Waals surface area contributed by atoms with E-state index >= 15 is 0 Å². The van der Waals surface area contributed by atoms with Crippen LogP contribution in [-0.2, 0) is 9.53 Å². The van der Waals surface area contributed by atoms with Crippen LogP contribution in [0.4, 0.5) is 11.4 Å². The van der Waals surface area contributed by atoms with Gasteiger partial charge in [-0.3, -0.25) is 9.78 Å². The number of anilines is 2. The fourth-order valence-electron chi connectivity index (χ4n) is 4.92. The van der Waals surface area contributed by atoms with Gasteiger partial charge in [-0.05, 0) is 85.4 Å². The van der Waals surface area contributed by atoms with E-state index in [0.29, 0.717) is 10.7 Å². The van der Waals surface area contributed by atoms with Gasteiger partial charge in [-0.1, -0.05) is 26.0 Å². The third-order valence-electron chi connectivity index (χ3n) is 7.00. The molecule has 0 saturated carbocycles. The Labute approximate surface area is 239 Å². The van der Waals surface area contributed by atoms with Gasteiger partial charge >= 0.3 is 5.97 Å². The normalized spacial score (nSPS) is 16.6. The lowest BCUT2D eigenvalue weighted by molar-refractivity contribution is -0.118. The number of hydrogen-bond donors (Lipinski definition) is 2. The predicted octanol–water partition coefficient (Wildman–Crippen LogP) is 5.74. The van der Waals surface area contributed by atoms with Crippen LogP contribution in [0.25, 0.3) is 5.69 Å². The van der Waals surface area contributed by atoms with Crippen LogP contribution >= 0.6 is 12.2 Å². The molecule has 1 amide bonds. The fourth-order valence-corrected chi connectivity index (χ4v) is 5.27. The number of nitrogens with zero attached hydrogens (tertiary/aromatic N) is 3. The van der Waals surface area contributed by atoms with Gasteiger partial charge in [0.25, 0.3) is 0 Å². The van der Waals surface area contributed by atoms with E-state index in [0.717, 1.165) is 34.0 Å². The molecule has 0 aliphatic carbocycles. The average Bonchev–Trinajstić information content (AvgIpc) is 3.58. The van der Waals surface area contributed by atoms with Gasteiger partial charge in [0.05, 0.1) is 24.4 Å². The van der Waals surface area contributed by atoms with Gasteiger partial charge < -0.3 is 24.8 Å². The average molecular weight is 554 g/mol. The van der Waals surface area contributed by atoms with Crippen molar-refractivity contribution in [2.24, 2.45) is 5.92 Å². The number of aryl methyl sites for hydroxylation is 1. The molecule has 1 aliphatic heterocycles. The Hall–Kier alpha value is -4.50. The maximum atomic E-state index is 12.3. The van der Waals surface area contributed by atoms with Crippen LogP contribution in [0.15, 0.2) is 85.2 Å². The monoisotopic (exact) mass is 553 g/mol. The SMILES string of the molecule is COC(=O)c1cccc(-n2cccc2[C@H]2[C@@H](c3ccccn3)NC(=S)N2c2ccc(NC(=O)C(C)C)c(C)c2)c1. The van der Waals surface area contributed by atoms with Gasteiger partial charge in [-0.25, -0.2) is 4.79 Å². The molecule has 4 aromatic rings. The second-order valence-corrected chi connectivity index (χ2v) is 10.4. The largest absolute Gasteiger partial charge is 0.465 e. The molecule has 1 aliphatic rings. The molecule has 0 bridgehead atoms. The molecular weight excluding hydrogens is 522 g/mol. The van der Waals surface area contributed by atoms with E-state index in [1.807, 2.05) is 87.6 Å². The maximum Gasteiger partial charge on any atom is 0.337 e. The first-order valence-corrected chi connectivity index (χ1v) is 13.5. The summed E-state index contributed by atoms with van der Waals surface area (Å²) in [6.45, 7) is 5.70. The second-order valence-electron chi connectivity index (χ2n) is 9.98. The van der Waals surface area contributed by atoms with Gasteiger partial charge in [0.2, 0.25) is 5.91 Å². The number of carbonyl (C=O) groups excluding carboxylic acids is 2. The minimum atomic E-state index is -0.396. The molecule has 2 atom stereocenters. The van der Waals surface area contributed by atoms with E-state index < -0.39 is 5.97 Å². The van der Waals surface area contributed by atoms with Crippen LogP contribution < -0.4 is 15.5 Å². The molecule has 40 heavy (non-hydrogen) atoms. The number of rotatable bonds is 7. The minimum absolute atomic E-state index is 0.0330. The van der Waals surface area contributed by atoms with Crippen molar-refractivity contribution in [1.82, 2.24) is 14.9 Å². The molecule has 2 N–H and O–H groups in total. The number of ether oxygens (including phenoxy) is 1. The molecule has 0 radical (unpaired) electrons. The van der Waals surface area contributed by atoms with Crippen LogP contribution in [-0.4, -0.2) is 33.6 Å². The highest BCUT2D eigenvalue weighted by Gasteiger charge is 2.42. The highest BCUT2D eigenvalue weighted by Crippen LogP contribution is 2.43. The summed E-state index contributed by atoms with van der Waals surface area (Å²) in [6, 6.07) is 22.6. The number of methoxy groups -OCH3 is 1. The van der Waals surface area contributed by atoms with Crippen molar-refractivity contribution >= 4 is 40.6 Å². The Morgan fingerprint density at radius 3 is 2.55 bits per heavy atom. The van der Waals surface area contributed by atoms with Crippen molar-refractivity contribution < 1.29 is 14.3 Å². The van der Waals surface area contributed by atoms with Crippen molar-refractivity contribution in [2.75, 3.05) is 17.3 Å². The van der Waals surface area contributed by atoms with E-state index in [1.54, 1.807) is 12.3 Å². The second kappa shape index (κ2) is 11.3. The third kappa shape index (κ3) is 5.20. The smallest absolute Gasteiger partial charge is 0.337 e. The highest BCUT2D eigenvalue weighted by atomic mass is 32.1. The maximum absolute atomic E-state index is 12.3. The predicted molar refractivity (Wildman–Crippen MR) is 160 cm³/mol. The van der Waals surface area contributed by atoms with Gasteiger partial charge in [0.15, 0.2) is 5.11 Å². The fraction of sp³-hybridized carbons (Fsp3) is 0.226. The molecule has 204 valence electrons. The van der Waals surface area contributed by atoms with Gasteiger partial charge in [0, 0.05) is 41.1 Å². The lowest BCUT2D eigenvalue weighted by Gasteiger charge is -2.29. The number of benzene rings is 2. The first-order chi connectivity index (χ1) is 19.3. The van der Waals surface area contributed by atoms with Crippen molar-refractivity contribution in [3.63, 3.8) is 0 Å². The molecule has 0 unspecified atom stereocenters. The lowest BCUT2D eigenvalue weighted by atomic mass is 10.00. The zero-order valence-electron chi connectivity index (χ0n) is 22.8. The van der Waals surface area contributed by atoms with E-state index in [1.165, 1.54) is 7.11 Å².